The lowest BCUT2D eigenvalue weighted by molar-refractivity contribution is 0.0951. The highest BCUT2D eigenvalue weighted by Gasteiger charge is 2.21. The van der Waals surface area contributed by atoms with E-state index in [0.717, 1.165) is 36.8 Å². The largest absolute Gasteiger partial charge is 0.346 e. The quantitative estimate of drug-likeness (QED) is 0.781. The molecule has 0 bridgehead atoms. The Bertz CT molecular complexity index is 956. The van der Waals surface area contributed by atoms with Gasteiger partial charge in [-0.15, -0.1) is 0 Å². The molecule has 0 spiro atoms. The van der Waals surface area contributed by atoms with Gasteiger partial charge in [-0.2, -0.15) is 16.4 Å². The van der Waals surface area contributed by atoms with Crippen molar-refractivity contribution in [1.82, 2.24) is 15.1 Å². The van der Waals surface area contributed by atoms with E-state index in [1.807, 2.05) is 35.0 Å². The van der Waals surface area contributed by atoms with Gasteiger partial charge in [-0.25, -0.2) is 4.68 Å². The van der Waals surface area contributed by atoms with Gasteiger partial charge in [0.05, 0.1) is 23.7 Å². The van der Waals surface area contributed by atoms with Gasteiger partial charge in [0.15, 0.2) is 0 Å². The van der Waals surface area contributed by atoms with Crippen molar-refractivity contribution < 1.29 is 4.79 Å². The standard InChI is InChI=1S/C19H19N3O2S/c23-18(13-9-10-25-12-13)20-11-17-15-7-3-4-8-16(15)19(24)22(21-17)14-5-1-2-6-14/h3-4,7-10,12,14H,1-2,5-6,11H2,(H,20,23). The van der Waals surface area contributed by atoms with Crippen LogP contribution >= 0.6 is 11.3 Å². The molecule has 6 heteroatoms. The summed E-state index contributed by atoms with van der Waals surface area (Å²) in [4.78, 5) is 25.0. The summed E-state index contributed by atoms with van der Waals surface area (Å²) >= 11 is 1.49. The fraction of sp³-hybridized carbons (Fsp3) is 0.316. The number of rotatable bonds is 4. The van der Waals surface area contributed by atoms with Gasteiger partial charge in [-0.05, 0) is 30.4 Å². The minimum absolute atomic E-state index is 0.0320. The highest BCUT2D eigenvalue weighted by Crippen LogP contribution is 2.28. The van der Waals surface area contributed by atoms with Crippen molar-refractivity contribution in [2.75, 3.05) is 0 Å². The summed E-state index contributed by atoms with van der Waals surface area (Å²) in [6.45, 7) is 0.308. The van der Waals surface area contributed by atoms with Crippen molar-refractivity contribution in [3.05, 3.63) is 62.7 Å². The van der Waals surface area contributed by atoms with E-state index in [4.69, 9.17) is 0 Å². The molecule has 1 aliphatic rings. The molecule has 4 rings (SSSR count). The van der Waals surface area contributed by atoms with Gasteiger partial charge in [0, 0.05) is 16.3 Å². The molecule has 128 valence electrons. The number of carbonyl (C=O) groups is 1. The number of nitrogens with zero attached hydrogens (tertiary/aromatic N) is 2. The average Bonchev–Trinajstić information content (AvgIpc) is 3.35. The molecule has 5 nitrogen and oxygen atoms in total. The number of thiophene rings is 1. The first-order valence-electron chi connectivity index (χ1n) is 8.55. The van der Waals surface area contributed by atoms with E-state index in [1.54, 1.807) is 10.7 Å². The minimum atomic E-state index is -0.120. The lowest BCUT2D eigenvalue weighted by atomic mass is 10.1. The molecule has 1 fully saturated rings. The molecule has 0 aliphatic heterocycles. The highest BCUT2D eigenvalue weighted by molar-refractivity contribution is 7.08. The van der Waals surface area contributed by atoms with Crippen LogP contribution in [-0.4, -0.2) is 15.7 Å². The van der Waals surface area contributed by atoms with Crippen LogP contribution in [0.15, 0.2) is 45.9 Å². The van der Waals surface area contributed by atoms with Crippen LogP contribution in [0, 0.1) is 0 Å². The molecule has 0 atom stereocenters. The van der Waals surface area contributed by atoms with Crippen molar-refractivity contribution in [2.24, 2.45) is 0 Å². The highest BCUT2D eigenvalue weighted by atomic mass is 32.1. The second kappa shape index (κ2) is 6.80. The van der Waals surface area contributed by atoms with E-state index in [9.17, 15) is 9.59 Å². The third-order valence-corrected chi connectivity index (χ3v) is 5.46. The maximum Gasteiger partial charge on any atom is 0.274 e. The number of hydrogen-bond donors (Lipinski definition) is 1. The number of nitrogens with one attached hydrogen (secondary N) is 1. The van der Waals surface area contributed by atoms with Gasteiger partial charge in [0.1, 0.15) is 0 Å². The fourth-order valence-corrected chi connectivity index (χ4v) is 4.10. The summed E-state index contributed by atoms with van der Waals surface area (Å²) in [5, 5.41) is 12.7. The normalized spacial score (nSPS) is 14.9. The maximum absolute atomic E-state index is 12.8. The molecule has 0 saturated heterocycles. The number of amides is 1. The van der Waals surface area contributed by atoms with E-state index in [1.165, 1.54) is 11.3 Å². The van der Waals surface area contributed by atoms with Crippen LogP contribution in [0.5, 0.6) is 0 Å². The van der Waals surface area contributed by atoms with Crippen LogP contribution in [-0.2, 0) is 6.54 Å². The molecule has 0 unspecified atom stereocenters. The van der Waals surface area contributed by atoms with Crippen LogP contribution in [0.25, 0.3) is 10.8 Å². The first-order valence-corrected chi connectivity index (χ1v) is 9.49. The van der Waals surface area contributed by atoms with Crippen molar-refractivity contribution >= 4 is 28.0 Å². The van der Waals surface area contributed by atoms with E-state index < -0.39 is 0 Å². The molecule has 1 saturated carbocycles. The van der Waals surface area contributed by atoms with Crippen molar-refractivity contribution in [3.63, 3.8) is 0 Å². The third kappa shape index (κ3) is 3.09. The van der Waals surface area contributed by atoms with E-state index in [0.29, 0.717) is 17.5 Å². The summed E-state index contributed by atoms with van der Waals surface area (Å²) < 4.78 is 1.64. The van der Waals surface area contributed by atoms with Crippen LogP contribution in [0.3, 0.4) is 0 Å². The first kappa shape index (κ1) is 16.0. The van der Waals surface area contributed by atoms with Crippen molar-refractivity contribution in [2.45, 2.75) is 38.3 Å². The Labute approximate surface area is 149 Å². The van der Waals surface area contributed by atoms with Gasteiger partial charge in [-0.1, -0.05) is 31.0 Å². The Morgan fingerprint density at radius 3 is 2.68 bits per heavy atom. The van der Waals surface area contributed by atoms with E-state index in [2.05, 4.69) is 10.4 Å². The molecular weight excluding hydrogens is 334 g/mol. The predicted octanol–water partition coefficient (Wildman–Crippen LogP) is 3.50. The predicted molar refractivity (Wildman–Crippen MR) is 99.0 cm³/mol. The molecule has 0 radical (unpaired) electrons. The van der Waals surface area contributed by atoms with Gasteiger partial charge < -0.3 is 5.32 Å². The third-order valence-electron chi connectivity index (χ3n) is 4.78. The number of aromatic nitrogens is 2. The zero-order valence-electron chi connectivity index (χ0n) is 13.8. The van der Waals surface area contributed by atoms with Gasteiger partial charge >= 0.3 is 0 Å². The first-order chi connectivity index (χ1) is 12.2. The zero-order chi connectivity index (χ0) is 17.2. The second-order valence-electron chi connectivity index (χ2n) is 6.37. The second-order valence-corrected chi connectivity index (χ2v) is 7.16. The maximum atomic E-state index is 12.8. The lowest BCUT2D eigenvalue weighted by Crippen LogP contribution is -2.30. The Morgan fingerprint density at radius 1 is 1.20 bits per heavy atom. The van der Waals surface area contributed by atoms with E-state index >= 15 is 0 Å². The summed E-state index contributed by atoms with van der Waals surface area (Å²) in [6.07, 6.45) is 4.25. The van der Waals surface area contributed by atoms with Crippen LogP contribution in [0.1, 0.15) is 47.8 Å². The Balaban J connectivity index is 1.70. The fourth-order valence-electron chi connectivity index (χ4n) is 3.46. The van der Waals surface area contributed by atoms with Gasteiger partial charge in [0.25, 0.3) is 11.5 Å². The summed E-state index contributed by atoms with van der Waals surface area (Å²) in [7, 11) is 0. The minimum Gasteiger partial charge on any atom is -0.346 e. The van der Waals surface area contributed by atoms with Crippen LogP contribution in [0.2, 0.25) is 0 Å². The zero-order valence-corrected chi connectivity index (χ0v) is 14.6. The molecule has 3 aromatic rings. The summed E-state index contributed by atoms with van der Waals surface area (Å²) in [5.41, 5.74) is 1.36. The Morgan fingerprint density at radius 2 is 1.96 bits per heavy atom. The van der Waals surface area contributed by atoms with Gasteiger partial charge in [-0.3, -0.25) is 9.59 Å². The monoisotopic (exact) mass is 353 g/mol. The van der Waals surface area contributed by atoms with Crippen LogP contribution in [0.4, 0.5) is 0 Å². The molecule has 2 heterocycles. The van der Waals surface area contributed by atoms with Crippen LogP contribution < -0.4 is 10.9 Å². The Hall–Kier alpha value is -2.47. The average molecular weight is 353 g/mol. The van der Waals surface area contributed by atoms with E-state index in [-0.39, 0.29) is 17.5 Å². The molecule has 1 N–H and O–H groups in total. The number of benzene rings is 1. The summed E-state index contributed by atoms with van der Waals surface area (Å²) in [6, 6.07) is 9.47. The topological polar surface area (TPSA) is 64.0 Å². The molecule has 1 amide bonds. The number of fused-ring (bicyclic) bond motifs is 1. The molecule has 25 heavy (non-hydrogen) atoms. The van der Waals surface area contributed by atoms with Crippen molar-refractivity contribution in [3.8, 4) is 0 Å². The molecule has 1 aromatic carbocycles. The SMILES string of the molecule is O=C(NCc1nn(C2CCCC2)c(=O)c2ccccc12)c1ccsc1. The number of carbonyl (C=O) groups excluding carboxylic acids is 1. The summed E-state index contributed by atoms with van der Waals surface area (Å²) in [5.74, 6) is -0.120. The smallest absolute Gasteiger partial charge is 0.274 e. The molecule has 2 aromatic heterocycles. The van der Waals surface area contributed by atoms with Crippen molar-refractivity contribution in [1.29, 1.82) is 0 Å². The van der Waals surface area contributed by atoms with Gasteiger partial charge in [0.2, 0.25) is 0 Å². The molecular formula is C19H19N3O2S. The number of hydrogen-bond acceptors (Lipinski definition) is 4. The lowest BCUT2D eigenvalue weighted by Gasteiger charge is -2.16. The molecule has 1 aliphatic carbocycles. The Kier molecular flexibility index (Phi) is 4.36.